The highest BCUT2D eigenvalue weighted by Gasteiger charge is 2.35. The zero-order valence-corrected chi connectivity index (χ0v) is 20.9. The summed E-state index contributed by atoms with van der Waals surface area (Å²) in [6.45, 7) is 4.09. The van der Waals surface area contributed by atoms with Gasteiger partial charge in [-0.15, -0.1) is 0 Å². The maximum absolute atomic E-state index is 15.2. The summed E-state index contributed by atoms with van der Waals surface area (Å²) in [7, 11) is 0. The molecule has 0 N–H and O–H groups in total. The van der Waals surface area contributed by atoms with Gasteiger partial charge in [-0.2, -0.15) is 0 Å². The molecule has 0 amide bonds. The second kappa shape index (κ2) is 12.0. The molecule has 0 nitrogen and oxygen atoms in total. The van der Waals surface area contributed by atoms with Crippen LogP contribution in [0.5, 0.6) is 0 Å². The zero-order chi connectivity index (χ0) is 23.9. The second-order valence-electron chi connectivity index (χ2n) is 10.5. The molecule has 34 heavy (non-hydrogen) atoms. The van der Waals surface area contributed by atoms with Gasteiger partial charge in [-0.05, 0) is 119 Å². The largest absolute Gasteiger partial charge is 0.206 e. The molecule has 2 fully saturated rings. The summed E-state index contributed by atoms with van der Waals surface area (Å²) < 4.78 is 30.0. The lowest BCUT2D eigenvalue weighted by molar-refractivity contribution is 0.115. The third-order valence-corrected chi connectivity index (χ3v) is 8.32. The summed E-state index contributed by atoms with van der Waals surface area (Å²) in [5.41, 5.74) is 2.78. The molecule has 2 aliphatic rings. The number of halogens is 2. The summed E-state index contributed by atoms with van der Waals surface area (Å²) in [4.78, 5) is 0. The van der Waals surface area contributed by atoms with Crippen LogP contribution in [0.4, 0.5) is 8.78 Å². The van der Waals surface area contributed by atoms with Gasteiger partial charge in [0.05, 0.1) is 0 Å². The van der Waals surface area contributed by atoms with Gasteiger partial charge in [-0.1, -0.05) is 55.0 Å². The third kappa shape index (κ3) is 6.06. The first-order valence-electron chi connectivity index (χ1n) is 13.4. The van der Waals surface area contributed by atoms with Crippen LogP contribution < -0.4 is 0 Å². The maximum Gasteiger partial charge on any atom is 0.131 e. The van der Waals surface area contributed by atoms with Crippen LogP contribution >= 0.6 is 0 Å². The molecule has 2 aromatic carbocycles. The number of rotatable bonds is 8. The Hall–Kier alpha value is -2.22. The van der Waals surface area contributed by atoms with Gasteiger partial charge in [0.25, 0.3) is 0 Å². The standard InChI is InChI=1S/C32H40F2/c1-3-5-7-9-23-11-13-26-21-27(15-14-25(26)19-23)28-16-18-30(32(34)22-28)29-17-12-24(20-31(29)33)10-8-6-4-2/h3-6,12,16-18,20,22-23,25-27H,7-11,13-15,19,21H2,1-2H3/b5-3+,6-4+. The predicted octanol–water partition coefficient (Wildman–Crippen LogP) is 9.80. The van der Waals surface area contributed by atoms with E-state index in [1.54, 1.807) is 24.3 Å². The lowest BCUT2D eigenvalue weighted by atomic mass is 9.63. The molecular weight excluding hydrogens is 422 g/mol. The Morgan fingerprint density at radius 2 is 1.44 bits per heavy atom. The minimum Gasteiger partial charge on any atom is -0.206 e. The SMILES string of the molecule is C/C=C/CCc1ccc(-c2ccc(C3CCC4CC(CC/C=C/C)CCC4C3)cc2F)c(F)c1. The van der Waals surface area contributed by atoms with E-state index >= 15 is 4.39 Å². The molecule has 0 radical (unpaired) electrons. The van der Waals surface area contributed by atoms with Gasteiger partial charge in [-0.3, -0.25) is 0 Å². The third-order valence-electron chi connectivity index (χ3n) is 8.32. The fourth-order valence-corrected chi connectivity index (χ4v) is 6.40. The van der Waals surface area contributed by atoms with Crippen LogP contribution in [0, 0.1) is 29.4 Å². The molecule has 4 unspecified atom stereocenters. The lowest BCUT2D eigenvalue weighted by Gasteiger charge is -2.42. The van der Waals surface area contributed by atoms with Crippen molar-refractivity contribution in [2.24, 2.45) is 17.8 Å². The number of fused-ring (bicyclic) bond motifs is 1. The molecule has 182 valence electrons. The van der Waals surface area contributed by atoms with E-state index in [1.165, 1.54) is 44.9 Å². The van der Waals surface area contributed by atoms with Crippen molar-refractivity contribution < 1.29 is 8.78 Å². The fraction of sp³-hybridized carbons (Fsp3) is 0.500. The topological polar surface area (TPSA) is 0 Å². The van der Waals surface area contributed by atoms with Gasteiger partial charge in [0.2, 0.25) is 0 Å². The van der Waals surface area contributed by atoms with Gasteiger partial charge in [0.15, 0.2) is 0 Å². The Bertz CT molecular complexity index is 1000. The Morgan fingerprint density at radius 1 is 0.765 bits per heavy atom. The van der Waals surface area contributed by atoms with Gasteiger partial charge in [0.1, 0.15) is 11.6 Å². The van der Waals surface area contributed by atoms with E-state index in [2.05, 4.69) is 25.2 Å². The lowest BCUT2D eigenvalue weighted by Crippen LogP contribution is -2.30. The zero-order valence-electron chi connectivity index (χ0n) is 20.9. The number of hydrogen-bond acceptors (Lipinski definition) is 0. The molecule has 0 spiro atoms. The number of allylic oxidation sites excluding steroid dienone is 4. The van der Waals surface area contributed by atoms with Crippen molar-refractivity contribution >= 4 is 0 Å². The van der Waals surface area contributed by atoms with Crippen LogP contribution in [-0.4, -0.2) is 0 Å². The monoisotopic (exact) mass is 462 g/mol. The van der Waals surface area contributed by atoms with Crippen molar-refractivity contribution in [2.75, 3.05) is 0 Å². The molecular formula is C32H40F2. The van der Waals surface area contributed by atoms with Crippen LogP contribution in [0.3, 0.4) is 0 Å². The van der Waals surface area contributed by atoms with E-state index in [4.69, 9.17) is 0 Å². The van der Waals surface area contributed by atoms with E-state index in [1.807, 2.05) is 25.1 Å². The van der Waals surface area contributed by atoms with E-state index < -0.39 is 0 Å². The molecule has 2 aliphatic carbocycles. The van der Waals surface area contributed by atoms with Crippen molar-refractivity contribution in [1.82, 2.24) is 0 Å². The highest BCUT2D eigenvalue weighted by molar-refractivity contribution is 5.65. The van der Waals surface area contributed by atoms with Crippen molar-refractivity contribution in [2.45, 2.75) is 84.0 Å². The molecule has 4 atom stereocenters. The summed E-state index contributed by atoms with van der Waals surface area (Å²) in [6.07, 6.45) is 20.4. The molecule has 0 aliphatic heterocycles. The first kappa shape index (κ1) is 24.9. The van der Waals surface area contributed by atoms with Crippen LogP contribution in [0.15, 0.2) is 60.7 Å². The van der Waals surface area contributed by atoms with Gasteiger partial charge in [-0.25, -0.2) is 8.78 Å². The molecule has 2 saturated carbocycles. The molecule has 2 heteroatoms. The van der Waals surface area contributed by atoms with Crippen LogP contribution in [-0.2, 0) is 6.42 Å². The maximum atomic E-state index is 15.2. The Labute approximate surface area is 205 Å². The van der Waals surface area contributed by atoms with Crippen LogP contribution in [0.1, 0.15) is 88.7 Å². The quantitative estimate of drug-likeness (QED) is 0.342. The molecule has 4 rings (SSSR count). The van der Waals surface area contributed by atoms with Crippen LogP contribution in [0.2, 0.25) is 0 Å². The number of hydrogen-bond donors (Lipinski definition) is 0. The van der Waals surface area contributed by atoms with E-state index in [0.29, 0.717) is 17.0 Å². The molecule has 0 bridgehead atoms. The Balaban J connectivity index is 1.39. The van der Waals surface area contributed by atoms with Crippen molar-refractivity contribution in [3.63, 3.8) is 0 Å². The summed E-state index contributed by atoms with van der Waals surface area (Å²) in [5, 5.41) is 0. The second-order valence-corrected chi connectivity index (χ2v) is 10.5. The van der Waals surface area contributed by atoms with Crippen LogP contribution in [0.25, 0.3) is 11.1 Å². The molecule has 0 heterocycles. The number of aryl methyl sites for hydroxylation is 1. The molecule has 2 aromatic rings. The Kier molecular flexibility index (Phi) is 8.75. The smallest absolute Gasteiger partial charge is 0.131 e. The van der Waals surface area contributed by atoms with E-state index in [9.17, 15) is 4.39 Å². The predicted molar refractivity (Wildman–Crippen MR) is 140 cm³/mol. The first-order chi connectivity index (χ1) is 16.6. The Morgan fingerprint density at radius 3 is 2.18 bits per heavy atom. The fourth-order valence-electron chi connectivity index (χ4n) is 6.40. The minimum absolute atomic E-state index is 0.298. The normalized spacial score (nSPS) is 25.2. The highest BCUT2D eigenvalue weighted by atomic mass is 19.1. The minimum atomic E-state index is -0.337. The van der Waals surface area contributed by atoms with Crippen molar-refractivity contribution in [3.8, 4) is 11.1 Å². The van der Waals surface area contributed by atoms with E-state index in [-0.39, 0.29) is 11.6 Å². The van der Waals surface area contributed by atoms with Gasteiger partial charge < -0.3 is 0 Å². The molecule has 0 saturated heterocycles. The van der Waals surface area contributed by atoms with Gasteiger partial charge in [0, 0.05) is 11.1 Å². The van der Waals surface area contributed by atoms with Crippen molar-refractivity contribution in [3.05, 3.63) is 83.5 Å². The average Bonchev–Trinajstić information content (AvgIpc) is 2.84. The summed E-state index contributed by atoms with van der Waals surface area (Å²) in [6, 6.07) is 10.7. The van der Waals surface area contributed by atoms with Gasteiger partial charge >= 0.3 is 0 Å². The average molecular weight is 463 g/mol. The summed E-state index contributed by atoms with van der Waals surface area (Å²) in [5.74, 6) is 2.32. The van der Waals surface area contributed by atoms with E-state index in [0.717, 1.165) is 48.1 Å². The molecule has 0 aromatic heterocycles. The van der Waals surface area contributed by atoms with Crippen molar-refractivity contribution in [1.29, 1.82) is 0 Å². The number of benzene rings is 2. The summed E-state index contributed by atoms with van der Waals surface area (Å²) >= 11 is 0. The first-order valence-corrected chi connectivity index (χ1v) is 13.4. The highest BCUT2D eigenvalue weighted by Crippen LogP contribution is 2.48.